The lowest BCUT2D eigenvalue weighted by molar-refractivity contribution is -0.120. The first-order valence-electron chi connectivity index (χ1n) is 11.2. The summed E-state index contributed by atoms with van der Waals surface area (Å²) in [7, 11) is -4.02. The molecule has 1 N–H and O–H groups in total. The van der Waals surface area contributed by atoms with Crippen LogP contribution in [0, 0.1) is 11.7 Å². The molecule has 5 rings (SSSR count). The third-order valence-corrected chi connectivity index (χ3v) is 8.12. The number of para-hydroxylation sites is 2. The van der Waals surface area contributed by atoms with Gasteiger partial charge in [-0.3, -0.25) is 4.79 Å². The smallest absolute Gasteiger partial charge is 0.298 e. The number of oxazole rings is 1. The highest BCUT2D eigenvalue weighted by molar-refractivity contribution is 7.89. The molecule has 2 aliphatic heterocycles. The number of hydrogen-bond donors (Lipinski definition) is 1. The van der Waals surface area contributed by atoms with Crippen molar-refractivity contribution in [3.05, 3.63) is 48.3 Å². The number of nitrogens with zero attached hydrogens (tertiary/aromatic N) is 3. The van der Waals surface area contributed by atoms with E-state index in [0.29, 0.717) is 31.9 Å². The molecule has 2 aliphatic rings. The van der Waals surface area contributed by atoms with Gasteiger partial charge in [0.25, 0.3) is 6.01 Å². The van der Waals surface area contributed by atoms with E-state index in [4.69, 9.17) is 9.15 Å². The summed E-state index contributed by atoms with van der Waals surface area (Å²) in [5, 5.41) is 2.76. The molecule has 2 fully saturated rings. The van der Waals surface area contributed by atoms with Crippen LogP contribution in [0.2, 0.25) is 0 Å². The summed E-state index contributed by atoms with van der Waals surface area (Å²) < 4.78 is 52.4. The number of nitrogens with one attached hydrogen (secondary N) is 1. The number of carbonyl (C=O) groups excluding carboxylic acids is 1. The van der Waals surface area contributed by atoms with Crippen molar-refractivity contribution in [2.24, 2.45) is 5.92 Å². The molecule has 3 aromatic rings. The summed E-state index contributed by atoms with van der Waals surface area (Å²) in [5.74, 6) is -1.33. The van der Waals surface area contributed by atoms with E-state index in [1.54, 1.807) is 0 Å². The largest absolute Gasteiger partial charge is 0.423 e. The van der Waals surface area contributed by atoms with E-state index in [-0.39, 0.29) is 43.8 Å². The standard InChI is InChI=1S/C23H25FN4O5S/c24-18-6-5-17(15-21(18)34(30,31)28-11-13-32-14-12-28)25-22(29)16-7-9-27(10-8-16)23-26-19-3-1-2-4-20(19)33-23/h1-6,15-16H,7-14H2,(H,25,29). The van der Waals surface area contributed by atoms with Crippen LogP contribution in [0.15, 0.2) is 51.8 Å². The Morgan fingerprint density at radius 3 is 2.53 bits per heavy atom. The maximum absolute atomic E-state index is 14.4. The molecule has 34 heavy (non-hydrogen) atoms. The van der Waals surface area contributed by atoms with E-state index in [9.17, 15) is 17.6 Å². The van der Waals surface area contributed by atoms with Crippen LogP contribution in [0.5, 0.6) is 0 Å². The summed E-state index contributed by atoms with van der Waals surface area (Å²) in [6.45, 7) is 2.06. The molecule has 0 saturated carbocycles. The maximum Gasteiger partial charge on any atom is 0.298 e. The lowest BCUT2D eigenvalue weighted by Crippen LogP contribution is -2.41. The molecule has 1 aromatic heterocycles. The average Bonchev–Trinajstić information content (AvgIpc) is 3.30. The zero-order chi connectivity index (χ0) is 23.7. The second-order valence-electron chi connectivity index (χ2n) is 8.38. The average molecular weight is 489 g/mol. The van der Waals surface area contributed by atoms with Gasteiger partial charge in [0, 0.05) is 37.8 Å². The topological polar surface area (TPSA) is 105 Å². The molecule has 0 spiro atoms. The van der Waals surface area contributed by atoms with Crippen molar-refractivity contribution in [3.8, 4) is 0 Å². The van der Waals surface area contributed by atoms with Gasteiger partial charge in [-0.2, -0.15) is 9.29 Å². The minimum Gasteiger partial charge on any atom is -0.423 e. The van der Waals surface area contributed by atoms with E-state index in [1.807, 2.05) is 29.2 Å². The van der Waals surface area contributed by atoms with Crippen LogP contribution >= 0.6 is 0 Å². The van der Waals surface area contributed by atoms with Crippen LogP contribution in [-0.4, -0.2) is 63.0 Å². The van der Waals surface area contributed by atoms with E-state index < -0.39 is 20.7 Å². The monoisotopic (exact) mass is 488 g/mol. The van der Waals surface area contributed by atoms with Crippen molar-refractivity contribution in [2.45, 2.75) is 17.7 Å². The third-order valence-electron chi connectivity index (χ3n) is 6.21. The minimum atomic E-state index is -4.02. The predicted molar refractivity (Wildman–Crippen MR) is 124 cm³/mol. The van der Waals surface area contributed by atoms with Gasteiger partial charge in [-0.15, -0.1) is 0 Å². The van der Waals surface area contributed by atoms with Gasteiger partial charge in [0.2, 0.25) is 15.9 Å². The molecule has 180 valence electrons. The molecule has 9 nitrogen and oxygen atoms in total. The predicted octanol–water partition coefficient (Wildman–Crippen LogP) is 2.84. The SMILES string of the molecule is O=C(Nc1ccc(F)c(S(=O)(=O)N2CCOCC2)c1)C1CCN(c2nc3ccccc3o2)CC1. The van der Waals surface area contributed by atoms with Gasteiger partial charge in [-0.25, -0.2) is 12.8 Å². The number of carbonyl (C=O) groups is 1. The van der Waals surface area contributed by atoms with Gasteiger partial charge >= 0.3 is 0 Å². The van der Waals surface area contributed by atoms with Crippen molar-refractivity contribution in [3.63, 3.8) is 0 Å². The Hall–Kier alpha value is -3.02. The molecule has 0 atom stereocenters. The highest BCUT2D eigenvalue weighted by Crippen LogP contribution is 2.28. The van der Waals surface area contributed by atoms with Crippen LogP contribution in [0.25, 0.3) is 11.1 Å². The fourth-order valence-electron chi connectivity index (χ4n) is 4.28. The molecule has 2 aromatic carbocycles. The Balaban J connectivity index is 1.24. The number of halogens is 1. The Bertz CT molecular complexity index is 1260. The van der Waals surface area contributed by atoms with Gasteiger partial charge in [-0.1, -0.05) is 12.1 Å². The minimum absolute atomic E-state index is 0.164. The summed E-state index contributed by atoms with van der Waals surface area (Å²) in [6, 6.07) is 11.7. The van der Waals surface area contributed by atoms with Gasteiger partial charge < -0.3 is 19.4 Å². The van der Waals surface area contributed by atoms with Crippen molar-refractivity contribution in [1.29, 1.82) is 0 Å². The number of hydrogen-bond acceptors (Lipinski definition) is 7. The lowest BCUT2D eigenvalue weighted by atomic mass is 9.96. The summed E-state index contributed by atoms with van der Waals surface area (Å²) in [4.78, 5) is 18.9. The summed E-state index contributed by atoms with van der Waals surface area (Å²) in [5.41, 5.74) is 1.76. The highest BCUT2D eigenvalue weighted by Gasteiger charge is 2.31. The van der Waals surface area contributed by atoms with Crippen LogP contribution in [0.1, 0.15) is 12.8 Å². The quantitative estimate of drug-likeness (QED) is 0.589. The van der Waals surface area contributed by atoms with Gasteiger partial charge in [0.05, 0.1) is 13.2 Å². The highest BCUT2D eigenvalue weighted by atomic mass is 32.2. The third kappa shape index (κ3) is 4.50. The Morgan fingerprint density at radius 1 is 1.06 bits per heavy atom. The maximum atomic E-state index is 14.4. The van der Waals surface area contributed by atoms with Crippen molar-refractivity contribution in [2.75, 3.05) is 49.6 Å². The fourth-order valence-corrected chi connectivity index (χ4v) is 5.78. The summed E-state index contributed by atoms with van der Waals surface area (Å²) >= 11 is 0. The Kier molecular flexibility index (Phi) is 6.24. The number of rotatable bonds is 5. The first-order chi connectivity index (χ1) is 16.4. The zero-order valence-corrected chi connectivity index (χ0v) is 19.3. The number of benzene rings is 2. The van der Waals surface area contributed by atoms with Crippen molar-refractivity contribution < 1.29 is 26.8 Å². The van der Waals surface area contributed by atoms with Crippen molar-refractivity contribution in [1.82, 2.24) is 9.29 Å². The molecular formula is C23H25FN4O5S. The number of piperidine rings is 1. The Morgan fingerprint density at radius 2 is 1.79 bits per heavy atom. The Labute approximate surface area is 196 Å². The first-order valence-corrected chi connectivity index (χ1v) is 12.6. The van der Waals surface area contributed by atoms with Gasteiger partial charge in [0.1, 0.15) is 16.2 Å². The van der Waals surface area contributed by atoms with Crippen LogP contribution in [-0.2, 0) is 19.6 Å². The number of ether oxygens (including phenoxy) is 1. The number of morpholine rings is 1. The number of aromatic nitrogens is 1. The van der Waals surface area contributed by atoms with Crippen molar-refractivity contribution >= 4 is 38.7 Å². The number of anilines is 2. The fraction of sp³-hybridized carbons (Fsp3) is 0.391. The van der Waals surface area contributed by atoms with Crippen LogP contribution in [0.3, 0.4) is 0 Å². The molecule has 1 amide bonds. The molecule has 2 saturated heterocycles. The molecular weight excluding hydrogens is 463 g/mol. The second-order valence-corrected chi connectivity index (χ2v) is 10.3. The number of amides is 1. The number of fused-ring (bicyclic) bond motifs is 1. The first kappa shape index (κ1) is 22.8. The van der Waals surface area contributed by atoms with E-state index in [2.05, 4.69) is 10.3 Å². The second kappa shape index (κ2) is 9.32. The molecule has 0 unspecified atom stereocenters. The number of sulfonamides is 1. The summed E-state index contributed by atoms with van der Waals surface area (Å²) in [6.07, 6.45) is 1.18. The molecule has 0 aliphatic carbocycles. The lowest BCUT2D eigenvalue weighted by Gasteiger charge is -2.30. The molecule has 11 heteroatoms. The zero-order valence-electron chi connectivity index (χ0n) is 18.4. The normalized spacial score (nSPS) is 18.3. The van der Waals surface area contributed by atoms with E-state index >= 15 is 0 Å². The van der Waals surface area contributed by atoms with E-state index in [0.717, 1.165) is 17.2 Å². The molecule has 0 bridgehead atoms. The van der Waals surface area contributed by atoms with Gasteiger partial charge in [-0.05, 0) is 43.2 Å². The molecule has 3 heterocycles. The van der Waals surface area contributed by atoms with E-state index in [1.165, 1.54) is 16.4 Å². The van der Waals surface area contributed by atoms with Crippen LogP contribution in [0.4, 0.5) is 16.1 Å². The molecule has 0 radical (unpaired) electrons. The van der Waals surface area contributed by atoms with Crippen LogP contribution < -0.4 is 10.2 Å². The van der Waals surface area contributed by atoms with Gasteiger partial charge in [0.15, 0.2) is 5.58 Å².